The fourth-order valence-corrected chi connectivity index (χ4v) is 3.89. The first-order valence-electron chi connectivity index (χ1n) is 11.6. The molecule has 0 unspecified atom stereocenters. The first kappa shape index (κ1) is 28.5. The number of hydrogen-bond acceptors (Lipinski definition) is 3. The molecule has 33 heavy (non-hydrogen) atoms. The SMILES string of the molecule is ICC/C=C\CCc1ccc(COCOCOCc2ccc(CC/C=C\CCI)cc2)cc1. The van der Waals surface area contributed by atoms with Gasteiger partial charge in [-0.05, 0) is 60.8 Å². The molecule has 0 aliphatic heterocycles. The van der Waals surface area contributed by atoms with Crippen molar-refractivity contribution in [3.05, 3.63) is 95.1 Å². The summed E-state index contributed by atoms with van der Waals surface area (Å²) in [5.74, 6) is 0. The topological polar surface area (TPSA) is 27.7 Å². The number of allylic oxidation sites excluding steroid dienone is 4. The van der Waals surface area contributed by atoms with E-state index in [9.17, 15) is 0 Å². The first-order chi connectivity index (χ1) is 16.3. The zero-order valence-electron chi connectivity index (χ0n) is 19.4. The lowest BCUT2D eigenvalue weighted by atomic mass is 10.1. The maximum Gasteiger partial charge on any atom is 0.150 e. The molecule has 0 amide bonds. The highest BCUT2D eigenvalue weighted by Crippen LogP contribution is 2.10. The van der Waals surface area contributed by atoms with Gasteiger partial charge in [-0.15, -0.1) is 0 Å². The Morgan fingerprint density at radius 2 is 0.848 bits per heavy atom. The molecule has 2 aromatic carbocycles. The molecule has 0 saturated carbocycles. The second kappa shape index (κ2) is 19.6. The predicted molar refractivity (Wildman–Crippen MR) is 155 cm³/mol. The number of benzene rings is 2. The highest BCUT2D eigenvalue weighted by Gasteiger charge is 1.98. The summed E-state index contributed by atoms with van der Waals surface area (Å²) in [5.41, 5.74) is 5.03. The van der Waals surface area contributed by atoms with Crippen LogP contribution in [0.2, 0.25) is 0 Å². The summed E-state index contributed by atoms with van der Waals surface area (Å²) >= 11 is 4.81. The zero-order valence-corrected chi connectivity index (χ0v) is 23.7. The van der Waals surface area contributed by atoms with Gasteiger partial charge in [-0.3, -0.25) is 0 Å². The van der Waals surface area contributed by atoms with Gasteiger partial charge in [0.05, 0.1) is 13.2 Å². The third-order valence-corrected chi connectivity index (χ3v) is 6.25. The van der Waals surface area contributed by atoms with Crippen molar-refractivity contribution in [3.8, 4) is 0 Å². The van der Waals surface area contributed by atoms with Gasteiger partial charge < -0.3 is 14.2 Å². The van der Waals surface area contributed by atoms with Crippen LogP contribution in [0.5, 0.6) is 0 Å². The van der Waals surface area contributed by atoms with Crippen LogP contribution in [0.15, 0.2) is 72.8 Å². The van der Waals surface area contributed by atoms with E-state index in [-0.39, 0.29) is 13.6 Å². The Morgan fingerprint density at radius 1 is 0.485 bits per heavy atom. The minimum Gasteiger partial charge on any atom is -0.351 e. The second-order valence-electron chi connectivity index (χ2n) is 7.75. The van der Waals surface area contributed by atoms with Crippen molar-refractivity contribution < 1.29 is 14.2 Å². The average molecular weight is 674 g/mol. The number of alkyl halides is 2. The quantitative estimate of drug-likeness (QED) is 0.0528. The van der Waals surface area contributed by atoms with E-state index < -0.39 is 0 Å². The molecule has 0 spiro atoms. The lowest BCUT2D eigenvalue weighted by molar-refractivity contribution is -0.139. The maximum absolute atomic E-state index is 5.59. The van der Waals surface area contributed by atoms with Crippen molar-refractivity contribution >= 4 is 45.2 Å². The van der Waals surface area contributed by atoms with Gasteiger partial charge in [-0.2, -0.15) is 0 Å². The average Bonchev–Trinajstić information content (AvgIpc) is 2.85. The summed E-state index contributed by atoms with van der Waals surface area (Å²) in [5, 5.41) is 0. The van der Waals surface area contributed by atoms with Crippen LogP contribution in [0, 0.1) is 0 Å². The van der Waals surface area contributed by atoms with E-state index in [1.807, 2.05) is 0 Å². The molecule has 180 valence electrons. The van der Waals surface area contributed by atoms with Gasteiger partial charge in [-0.1, -0.05) is 118 Å². The van der Waals surface area contributed by atoms with Crippen molar-refractivity contribution in [2.24, 2.45) is 0 Å². The third-order valence-electron chi connectivity index (χ3n) is 5.00. The van der Waals surface area contributed by atoms with Crippen molar-refractivity contribution in [2.45, 2.75) is 51.7 Å². The molecule has 0 heterocycles. The lowest BCUT2D eigenvalue weighted by Gasteiger charge is -2.08. The predicted octanol–water partition coefficient (Wildman–Crippen LogP) is 7.98. The van der Waals surface area contributed by atoms with Gasteiger partial charge in [0.1, 0.15) is 13.6 Å². The van der Waals surface area contributed by atoms with Crippen LogP contribution in [-0.4, -0.2) is 22.4 Å². The lowest BCUT2D eigenvalue weighted by Crippen LogP contribution is -2.05. The largest absolute Gasteiger partial charge is 0.351 e. The van der Waals surface area contributed by atoms with E-state index in [1.54, 1.807) is 0 Å². The molecule has 0 aromatic heterocycles. The van der Waals surface area contributed by atoms with E-state index in [0.29, 0.717) is 13.2 Å². The van der Waals surface area contributed by atoms with E-state index in [2.05, 4.69) is 118 Å². The summed E-state index contributed by atoms with van der Waals surface area (Å²) in [4.78, 5) is 0. The minimum absolute atomic E-state index is 0.230. The molecular weight excluding hydrogens is 638 g/mol. The fraction of sp³-hybridized carbons (Fsp3) is 0.429. The van der Waals surface area contributed by atoms with Crippen LogP contribution in [0.25, 0.3) is 0 Å². The fourth-order valence-electron chi connectivity index (χ4n) is 3.17. The number of hydrogen-bond donors (Lipinski definition) is 0. The molecule has 0 N–H and O–H groups in total. The molecule has 5 heteroatoms. The Bertz CT molecular complexity index is 718. The van der Waals surface area contributed by atoms with Crippen LogP contribution < -0.4 is 0 Å². The molecule has 0 aliphatic carbocycles. The van der Waals surface area contributed by atoms with Crippen molar-refractivity contribution in [1.29, 1.82) is 0 Å². The number of ether oxygens (including phenoxy) is 3. The van der Waals surface area contributed by atoms with Crippen LogP contribution >= 0.6 is 45.2 Å². The Kier molecular flexibility index (Phi) is 16.9. The molecule has 2 aromatic rings. The number of aryl methyl sites for hydroxylation is 2. The van der Waals surface area contributed by atoms with E-state index >= 15 is 0 Å². The highest BCUT2D eigenvalue weighted by atomic mass is 127. The highest BCUT2D eigenvalue weighted by molar-refractivity contribution is 14.1. The molecule has 0 saturated heterocycles. The minimum atomic E-state index is 0.230. The summed E-state index contributed by atoms with van der Waals surface area (Å²) in [6.07, 6.45) is 15.8. The number of halogens is 2. The standard InChI is InChI=1S/C28H36I2O3/c29-19-7-3-1-5-9-25-11-15-27(16-12-25)21-31-23-33-24-32-22-28-17-13-26(14-18-28)10-6-2-4-8-20-30/h1-4,11-18H,5-10,19-24H2/b3-1-,4-2-. The summed E-state index contributed by atoms with van der Waals surface area (Å²) < 4.78 is 19.0. The van der Waals surface area contributed by atoms with Crippen molar-refractivity contribution in [1.82, 2.24) is 0 Å². The normalized spacial score (nSPS) is 11.7. The molecule has 2 rings (SSSR count). The monoisotopic (exact) mass is 674 g/mol. The summed E-state index contributed by atoms with van der Waals surface area (Å²) in [6, 6.07) is 17.3. The molecule has 0 bridgehead atoms. The van der Waals surface area contributed by atoms with Crippen molar-refractivity contribution in [2.75, 3.05) is 22.4 Å². The zero-order chi connectivity index (χ0) is 23.4. The maximum atomic E-state index is 5.59. The Morgan fingerprint density at radius 3 is 1.24 bits per heavy atom. The Hall–Kier alpha value is -0.740. The smallest absolute Gasteiger partial charge is 0.150 e. The van der Waals surface area contributed by atoms with Gasteiger partial charge in [0.2, 0.25) is 0 Å². The molecule has 0 atom stereocenters. The van der Waals surface area contributed by atoms with Gasteiger partial charge in [0.25, 0.3) is 0 Å². The number of rotatable bonds is 18. The van der Waals surface area contributed by atoms with E-state index in [0.717, 1.165) is 49.7 Å². The van der Waals surface area contributed by atoms with Crippen LogP contribution in [0.3, 0.4) is 0 Å². The summed E-state index contributed by atoms with van der Waals surface area (Å²) in [6.45, 7) is 1.55. The van der Waals surface area contributed by atoms with E-state index in [4.69, 9.17) is 14.2 Å². The molecule has 0 aliphatic rings. The van der Waals surface area contributed by atoms with Gasteiger partial charge in [-0.25, -0.2) is 0 Å². The van der Waals surface area contributed by atoms with E-state index in [1.165, 1.54) is 20.0 Å². The Labute approximate surface area is 227 Å². The Balaban J connectivity index is 1.50. The first-order valence-corrected chi connectivity index (χ1v) is 14.7. The van der Waals surface area contributed by atoms with Crippen LogP contribution in [-0.2, 0) is 40.3 Å². The van der Waals surface area contributed by atoms with Crippen LogP contribution in [0.1, 0.15) is 47.9 Å². The van der Waals surface area contributed by atoms with Gasteiger partial charge in [0, 0.05) is 8.86 Å². The second-order valence-corrected chi connectivity index (χ2v) is 9.90. The molecular formula is C28H36I2O3. The molecule has 3 nitrogen and oxygen atoms in total. The third kappa shape index (κ3) is 14.3. The van der Waals surface area contributed by atoms with Gasteiger partial charge >= 0.3 is 0 Å². The molecule has 0 fully saturated rings. The summed E-state index contributed by atoms with van der Waals surface area (Å²) in [7, 11) is 0. The molecule has 0 radical (unpaired) electrons. The van der Waals surface area contributed by atoms with Crippen LogP contribution in [0.4, 0.5) is 0 Å². The van der Waals surface area contributed by atoms with Crippen molar-refractivity contribution in [3.63, 3.8) is 0 Å². The van der Waals surface area contributed by atoms with Gasteiger partial charge in [0.15, 0.2) is 0 Å².